The lowest BCUT2D eigenvalue weighted by Gasteiger charge is -2.34. The molecule has 0 radical (unpaired) electrons. The van der Waals surface area contributed by atoms with Crippen molar-refractivity contribution in [1.29, 1.82) is 0 Å². The minimum atomic E-state index is -1.36. The molecule has 0 aliphatic carbocycles. The summed E-state index contributed by atoms with van der Waals surface area (Å²) in [6, 6.07) is 5.84. The molecule has 1 heterocycles. The molecular weight excluding hydrogens is 225 g/mol. The largest absolute Gasteiger partial charge is 0.478 e. The Labute approximate surface area is 98.4 Å². The third kappa shape index (κ3) is 2.39. The van der Waals surface area contributed by atoms with Gasteiger partial charge in [-0.2, -0.15) is 0 Å². The van der Waals surface area contributed by atoms with Crippen molar-refractivity contribution in [1.82, 2.24) is 5.32 Å². The molecule has 2 rings (SSSR count). The van der Waals surface area contributed by atoms with Gasteiger partial charge in [-0.25, -0.2) is 9.18 Å². The number of nitrogens with one attached hydrogen (secondary N) is 1. The molecule has 1 aromatic rings. The van der Waals surface area contributed by atoms with Gasteiger partial charge < -0.3 is 15.2 Å². The van der Waals surface area contributed by atoms with Crippen molar-refractivity contribution >= 4 is 5.97 Å². The van der Waals surface area contributed by atoms with E-state index in [0.717, 1.165) is 6.54 Å². The van der Waals surface area contributed by atoms with E-state index in [1.807, 2.05) is 0 Å². The van der Waals surface area contributed by atoms with Crippen LogP contribution in [0.4, 0.5) is 4.39 Å². The first kappa shape index (κ1) is 11.9. The Kier molecular flexibility index (Phi) is 3.28. The lowest BCUT2D eigenvalue weighted by atomic mass is 9.94. The van der Waals surface area contributed by atoms with Crippen LogP contribution in [0.15, 0.2) is 24.3 Å². The molecule has 92 valence electrons. The third-order valence-electron chi connectivity index (χ3n) is 2.88. The molecule has 1 atom stereocenters. The molecule has 1 saturated heterocycles. The number of benzene rings is 1. The summed E-state index contributed by atoms with van der Waals surface area (Å²) < 4.78 is 18.8. The van der Waals surface area contributed by atoms with Crippen molar-refractivity contribution in [2.45, 2.75) is 18.4 Å². The molecular formula is C12H14FNO3. The van der Waals surface area contributed by atoms with Crippen LogP contribution in [-0.2, 0) is 4.79 Å². The zero-order valence-corrected chi connectivity index (χ0v) is 9.28. The van der Waals surface area contributed by atoms with E-state index in [0.29, 0.717) is 12.8 Å². The summed E-state index contributed by atoms with van der Waals surface area (Å²) in [5.74, 6) is -1.62. The van der Waals surface area contributed by atoms with Gasteiger partial charge in [0.05, 0.1) is 0 Å². The minimum absolute atomic E-state index is 0.0152. The molecule has 1 aliphatic rings. The quantitative estimate of drug-likeness (QED) is 0.837. The van der Waals surface area contributed by atoms with Gasteiger partial charge in [-0.3, -0.25) is 0 Å². The maximum absolute atomic E-state index is 13.4. The van der Waals surface area contributed by atoms with Gasteiger partial charge in [0.1, 0.15) is 0 Å². The molecule has 0 amide bonds. The van der Waals surface area contributed by atoms with Crippen LogP contribution in [0.3, 0.4) is 0 Å². The van der Waals surface area contributed by atoms with Crippen LogP contribution in [0.25, 0.3) is 0 Å². The second-order valence-electron chi connectivity index (χ2n) is 4.11. The topological polar surface area (TPSA) is 58.6 Å². The average molecular weight is 239 g/mol. The Hall–Kier alpha value is -1.62. The number of hydrogen-bond acceptors (Lipinski definition) is 3. The fourth-order valence-electron chi connectivity index (χ4n) is 1.93. The molecule has 5 heteroatoms. The van der Waals surface area contributed by atoms with Crippen LogP contribution in [0.5, 0.6) is 5.75 Å². The number of aliphatic carboxylic acids is 1. The standard InChI is InChI=1S/C12H14FNO3/c13-9-4-1-2-5-10(9)17-12(11(15)16)6-3-7-14-8-12/h1-2,4-5,14H,3,6-8H2,(H,15,16). The summed E-state index contributed by atoms with van der Waals surface area (Å²) in [6.07, 6.45) is 1.07. The number of carboxylic acid groups (broad SMARTS) is 1. The maximum atomic E-state index is 13.4. The highest BCUT2D eigenvalue weighted by Gasteiger charge is 2.42. The minimum Gasteiger partial charge on any atom is -0.478 e. The number of hydrogen-bond donors (Lipinski definition) is 2. The number of carbonyl (C=O) groups is 1. The molecule has 4 nitrogen and oxygen atoms in total. The highest BCUT2D eigenvalue weighted by Crippen LogP contribution is 2.27. The summed E-state index contributed by atoms with van der Waals surface area (Å²) in [5, 5.41) is 12.2. The Morgan fingerprint density at radius 2 is 2.24 bits per heavy atom. The highest BCUT2D eigenvalue weighted by atomic mass is 19.1. The van der Waals surface area contributed by atoms with E-state index in [2.05, 4.69) is 5.32 Å². The zero-order chi connectivity index (χ0) is 12.3. The van der Waals surface area contributed by atoms with Gasteiger partial charge in [-0.1, -0.05) is 12.1 Å². The van der Waals surface area contributed by atoms with E-state index in [9.17, 15) is 14.3 Å². The van der Waals surface area contributed by atoms with Crippen LogP contribution < -0.4 is 10.1 Å². The predicted molar refractivity (Wildman–Crippen MR) is 59.5 cm³/mol. The van der Waals surface area contributed by atoms with Crippen molar-refractivity contribution in [2.75, 3.05) is 13.1 Å². The lowest BCUT2D eigenvalue weighted by Crippen LogP contribution is -2.55. The molecule has 1 unspecified atom stereocenters. The van der Waals surface area contributed by atoms with Crippen molar-refractivity contribution in [3.8, 4) is 5.75 Å². The SMILES string of the molecule is O=C(O)C1(Oc2ccccc2F)CCCNC1. The molecule has 0 bridgehead atoms. The molecule has 0 aromatic heterocycles. The second-order valence-corrected chi connectivity index (χ2v) is 4.11. The number of para-hydroxylation sites is 1. The highest BCUT2D eigenvalue weighted by molar-refractivity contribution is 5.78. The first-order valence-electron chi connectivity index (χ1n) is 5.52. The van der Waals surface area contributed by atoms with E-state index in [1.165, 1.54) is 18.2 Å². The molecule has 17 heavy (non-hydrogen) atoms. The van der Waals surface area contributed by atoms with Gasteiger partial charge >= 0.3 is 5.97 Å². The van der Waals surface area contributed by atoms with Crippen LogP contribution in [0.2, 0.25) is 0 Å². The van der Waals surface area contributed by atoms with Crippen LogP contribution >= 0.6 is 0 Å². The van der Waals surface area contributed by atoms with Crippen LogP contribution in [0, 0.1) is 5.82 Å². The predicted octanol–water partition coefficient (Wildman–Crippen LogP) is 1.41. The number of halogens is 1. The van der Waals surface area contributed by atoms with Crippen molar-refractivity contribution in [3.05, 3.63) is 30.1 Å². The van der Waals surface area contributed by atoms with Crippen molar-refractivity contribution < 1.29 is 19.0 Å². The molecule has 1 fully saturated rings. The number of rotatable bonds is 3. The molecule has 2 N–H and O–H groups in total. The van der Waals surface area contributed by atoms with Crippen molar-refractivity contribution in [3.63, 3.8) is 0 Å². The molecule has 0 saturated carbocycles. The lowest BCUT2D eigenvalue weighted by molar-refractivity contribution is -0.157. The summed E-state index contributed by atoms with van der Waals surface area (Å²) >= 11 is 0. The normalized spacial score (nSPS) is 24.3. The summed E-state index contributed by atoms with van der Waals surface area (Å²) in [7, 11) is 0. The van der Waals surface area contributed by atoms with E-state index < -0.39 is 17.4 Å². The van der Waals surface area contributed by atoms with Gasteiger partial charge in [0.15, 0.2) is 11.6 Å². The second kappa shape index (κ2) is 4.71. The smallest absolute Gasteiger partial charge is 0.349 e. The summed E-state index contributed by atoms with van der Waals surface area (Å²) in [5.41, 5.74) is -1.36. The Morgan fingerprint density at radius 3 is 2.82 bits per heavy atom. The fraction of sp³-hybridized carbons (Fsp3) is 0.417. The molecule has 1 aliphatic heterocycles. The monoisotopic (exact) mass is 239 g/mol. The van der Waals surface area contributed by atoms with Gasteiger partial charge in [0.2, 0.25) is 5.60 Å². The Morgan fingerprint density at radius 1 is 1.47 bits per heavy atom. The first-order valence-corrected chi connectivity index (χ1v) is 5.52. The zero-order valence-electron chi connectivity index (χ0n) is 9.28. The summed E-state index contributed by atoms with van der Waals surface area (Å²) in [4.78, 5) is 11.3. The van der Waals surface area contributed by atoms with Crippen molar-refractivity contribution in [2.24, 2.45) is 0 Å². The van der Waals surface area contributed by atoms with Gasteiger partial charge in [0, 0.05) is 13.0 Å². The van der Waals surface area contributed by atoms with Crippen LogP contribution in [0.1, 0.15) is 12.8 Å². The number of carboxylic acids is 1. The summed E-state index contributed by atoms with van der Waals surface area (Å²) in [6.45, 7) is 0.951. The van der Waals surface area contributed by atoms with Crippen LogP contribution in [-0.4, -0.2) is 29.8 Å². The molecule has 1 aromatic carbocycles. The molecule has 0 spiro atoms. The third-order valence-corrected chi connectivity index (χ3v) is 2.88. The fourth-order valence-corrected chi connectivity index (χ4v) is 1.93. The maximum Gasteiger partial charge on any atom is 0.349 e. The first-order chi connectivity index (χ1) is 8.14. The van der Waals surface area contributed by atoms with E-state index in [-0.39, 0.29) is 12.3 Å². The average Bonchev–Trinajstić information content (AvgIpc) is 2.33. The van der Waals surface area contributed by atoms with E-state index >= 15 is 0 Å². The van der Waals surface area contributed by atoms with E-state index in [4.69, 9.17) is 4.74 Å². The Bertz CT molecular complexity index is 416. The van der Waals surface area contributed by atoms with Gasteiger partial charge in [0.25, 0.3) is 0 Å². The van der Waals surface area contributed by atoms with E-state index in [1.54, 1.807) is 6.07 Å². The number of piperidine rings is 1. The Balaban J connectivity index is 2.24. The van der Waals surface area contributed by atoms with Gasteiger partial charge in [-0.05, 0) is 25.1 Å². The van der Waals surface area contributed by atoms with Gasteiger partial charge in [-0.15, -0.1) is 0 Å². The number of ether oxygens (including phenoxy) is 1.